The van der Waals surface area contributed by atoms with Crippen molar-refractivity contribution in [2.75, 3.05) is 6.54 Å². The minimum atomic E-state index is 0.334. The first kappa shape index (κ1) is 16.3. The first-order chi connectivity index (χ1) is 9.42. The van der Waals surface area contributed by atoms with Gasteiger partial charge in [0, 0.05) is 10.9 Å². The second-order valence-corrected chi connectivity index (χ2v) is 8.86. The molecule has 3 atom stereocenters. The third kappa shape index (κ3) is 3.99. The maximum absolute atomic E-state index is 6.08. The molecule has 1 aliphatic carbocycles. The molecule has 0 radical (unpaired) electrons. The highest BCUT2D eigenvalue weighted by Gasteiger charge is 2.38. The van der Waals surface area contributed by atoms with Crippen molar-refractivity contribution in [1.29, 1.82) is 0 Å². The van der Waals surface area contributed by atoms with Crippen LogP contribution in [-0.2, 0) is 6.42 Å². The van der Waals surface area contributed by atoms with Crippen molar-refractivity contribution in [2.45, 2.75) is 59.4 Å². The zero-order chi connectivity index (χ0) is 14.8. The highest BCUT2D eigenvalue weighted by atomic mass is 35.5. The van der Waals surface area contributed by atoms with Crippen molar-refractivity contribution < 1.29 is 0 Å². The molecule has 1 saturated carbocycles. The van der Waals surface area contributed by atoms with Gasteiger partial charge < -0.3 is 5.32 Å². The summed E-state index contributed by atoms with van der Waals surface area (Å²) in [6.45, 7) is 10.6. The smallest absolute Gasteiger partial charge is 0.0931 e. The fraction of sp³-hybridized carbons (Fsp3) is 0.765. The molecular formula is C17H28ClNS. The van der Waals surface area contributed by atoms with Crippen LogP contribution in [0.5, 0.6) is 0 Å². The van der Waals surface area contributed by atoms with E-state index in [1.165, 1.54) is 24.1 Å². The highest BCUT2D eigenvalue weighted by Crippen LogP contribution is 2.43. The van der Waals surface area contributed by atoms with E-state index in [0.717, 1.165) is 29.1 Å². The topological polar surface area (TPSA) is 12.0 Å². The molecule has 0 spiro atoms. The Bertz CT molecular complexity index is 426. The van der Waals surface area contributed by atoms with Crippen LogP contribution in [0.1, 0.15) is 51.8 Å². The van der Waals surface area contributed by atoms with Crippen LogP contribution in [0.15, 0.2) is 12.1 Å². The summed E-state index contributed by atoms with van der Waals surface area (Å²) in [5.74, 6) is 1.63. The molecule has 1 fully saturated rings. The molecule has 0 amide bonds. The Hall–Kier alpha value is -0.0500. The molecule has 114 valence electrons. The first-order valence-corrected chi connectivity index (χ1v) is 9.09. The van der Waals surface area contributed by atoms with E-state index in [4.69, 9.17) is 11.6 Å². The number of rotatable bonds is 5. The molecular weight excluding hydrogens is 286 g/mol. The number of hydrogen-bond donors (Lipinski definition) is 1. The summed E-state index contributed by atoms with van der Waals surface area (Å²) >= 11 is 7.82. The van der Waals surface area contributed by atoms with Crippen LogP contribution in [0.2, 0.25) is 4.34 Å². The van der Waals surface area contributed by atoms with Gasteiger partial charge in [-0.25, -0.2) is 0 Å². The van der Waals surface area contributed by atoms with Crippen LogP contribution < -0.4 is 5.32 Å². The fourth-order valence-electron chi connectivity index (χ4n) is 3.83. The summed E-state index contributed by atoms with van der Waals surface area (Å²) < 4.78 is 0.913. The van der Waals surface area contributed by atoms with Gasteiger partial charge in [0.15, 0.2) is 0 Å². The molecule has 1 N–H and O–H groups in total. The molecule has 1 aromatic heterocycles. The van der Waals surface area contributed by atoms with E-state index in [0.29, 0.717) is 11.5 Å². The highest BCUT2D eigenvalue weighted by molar-refractivity contribution is 7.16. The lowest BCUT2D eigenvalue weighted by atomic mass is 9.65. The largest absolute Gasteiger partial charge is 0.314 e. The molecule has 1 nitrogen and oxygen atoms in total. The predicted octanol–water partition coefficient (Wildman–Crippen LogP) is 5.38. The number of nitrogens with one attached hydrogen (secondary N) is 1. The number of hydrogen-bond acceptors (Lipinski definition) is 2. The summed E-state index contributed by atoms with van der Waals surface area (Å²) in [5, 5.41) is 3.74. The van der Waals surface area contributed by atoms with Gasteiger partial charge in [-0.1, -0.05) is 45.7 Å². The van der Waals surface area contributed by atoms with Gasteiger partial charge in [-0.3, -0.25) is 0 Å². The fourth-order valence-corrected chi connectivity index (χ4v) is 5.16. The van der Waals surface area contributed by atoms with E-state index in [9.17, 15) is 0 Å². The van der Waals surface area contributed by atoms with E-state index >= 15 is 0 Å². The minimum absolute atomic E-state index is 0.334. The van der Waals surface area contributed by atoms with Gasteiger partial charge in [0.05, 0.1) is 4.34 Å². The summed E-state index contributed by atoms with van der Waals surface area (Å²) in [7, 11) is 0. The lowest BCUT2D eigenvalue weighted by Crippen LogP contribution is -2.47. The van der Waals surface area contributed by atoms with Crippen molar-refractivity contribution >= 4 is 22.9 Å². The van der Waals surface area contributed by atoms with Gasteiger partial charge in [0.1, 0.15) is 0 Å². The standard InChI is InChI=1S/C17H28ClNS/c1-5-19-15-10-12(2)6-8-14(15)17(3,4)11-13-7-9-16(18)20-13/h7,9,12,14-15,19H,5-6,8,10-11H2,1-4H3. The van der Waals surface area contributed by atoms with Crippen LogP contribution in [-0.4, -0.2) is 12.6 Å². The Morgan fingerprint density at radius 2 is 2.10 bits per heavy atom. The van der Waals surface area contributed by atoms with Gasteiger partial charge in [-0.05, 0) is 55.2 Å². The molecule has 20 heavy (non-hydrogen) atoms. The summed E-state index contributed by atoms with van der Waals surface area (Å²) in [5.41, 5.74) is 0.334. The van der Waals surface area contributed by atoms with E-state index in [1.54, 1.807) is 11.3 Å². The summed E-state index contributed by atoms with van der Waals surface area (Å²) in [6.07, 6.45) is 5.20. The maximum atomic E-state index is 6.08. The lowest BCUT2D eigenvalue weighted by Gasteiger charge is -2.44. The van der Waals surface area contributed by atoms with Crippen LogP contribution in [0.3, 0.4) is 0 Å². The molecule has 2 rings (SSSR count). The predicted molar refractivity (Wildman–Crippen MR) is 90.8 cm³/mol. The van der Waals surface area contributed by atoms with Crippen molar-refractivity contribution in [3.05, 3.63) is 21.3 Å². The molecule has 3 heteroatoms. The van der Waals surface area contributed by atoms with Gasteiger partial charge in [0.25, 0.3) is 0 Å². The molecule has 0 aliphatic heterocycles. The summed E-state index contributed by atoms with van der Waals surface area (Å²) in [6, 6.07) is 4.90. The number of halogens is 1. The monoisotopic (exact) mass is 313 g/mol. The molecule has 0 aromatic carbocycles. The Labute approximate surface area is 133 Å². The molecule has 3 unspecified atom stereocenters. The Morgan fingerprint density at radius 1 is 1.35 bits per heavy atom. The van der Waals surface area contributed by atoms with E-state index in [2.05, 4.69) is 39.1 Å². The van der Waals surface area contributed by atoms with E-state index in [-0.39, 0.29) is 0 Å². The first-order valence-electron chi connectivity index (χ1n) is 7.90. The average Bonchev–Trinajstić information content (AvgIpc) is 2.74. The van der Waals surface area contributed by atoms with Gasteiger partial charge in [-0.15, -0.1) is 11.3 Å². The molecule has 0 bridgehead atoms. The van der Waals surface area contributed by atoms with Gasteiger partial charge in [-0.2, -0.15) is 0 Å². The normalized spacial score (nSPS) is 27.8. The molecule has 0 saturated heterocycles. The van der Waals surface area contributed by atoms with Crippen molar-refractivity contribution in [3.63, 3.8) is 0 Å². The van der Waals surface area contributed by atoms with Crippen LogP contribution >= 0.6 is 22.9 Å². The SMILES string of the molecule is CCNC1CC(C)CCC1C(C)(C)Cc1ccc(Cl)s1. The zero-order valence-electron chi connectivity index (χ0n) is 13.2. The summed E-state index contributed by atoms with van der Waals surface area (Å²) in [4.78, 5) is 1.42. The third-order valence-electron chi connectivity index (χ3n) is 4.84. The Morgan fingerprint density at radius 3 is 2.70 bits per heavy atom. The number of thiophene rings is 1. The van der Waals surface area contributed by atoms with Gasteiger partial charge in [0.2, 0.25) is 0 Å². The van der Waals surface area contributed by atoms with Crippen molar-refractivity contribution in [1.82, 2.24) is 5.32 Å². The second kappa shape index (κ2) is 6.81. The second-order valence-electron chi connectivity index (χ2n) is 7.06. The van der Waals surface area contributed by atoms with Gasteiger partial charge >= 0.3 is 0 Å². The maximum Gasteiger partial charge on any atom is 0.0931 e. The zero-order valence-corrected chi connectivity index (χ0v) is 14.8. The van der Waals surface area contributed by atoms with Crippen LogP contribution in [0.25, 0.3) is 0 Å². The molecule has 1 aromatic rings. The van der Waals surface area contributed by atoms with E-state index < -0.39 is 0 Å². The van der Waals surface area contributed by atoms with Crippen LogP contribution in [0.4, 0.5) is 0 Å². The van der Waals surface area contributed by atoms with Crippen molar-refractivity contribution in [2.24, 2.45) is 17.3 Å². The quantitative estimate of drug-likeness (QED) is 0.769. The third-order valence-corrected chi connectivity index (χ3v) is 6.07. The molecule has 1 heterocycles. The molecule has 1 aliphatic rings. The van der Waals surface area contributed by atoms with Crippen molar-refractivity contribution in [3.8, 4) is 0 Å². The minimum Gasteiger partial charge on any atom is -0.314 e. The Balaban J connectivity index is 2.09. The lowest BCUT2D eigenvalue weighted by molar-refractivity contribution is 0.0956. The Kier molecular flexibility index (Phi) is 5.56. The average molecular weight is 314 g/mol. The van der Waals surface area contributed by atoms with Crippen LogP contribution in [0, 0.1) is 17.3 Å². The van der Waals surface area contributed by atoms with E-state index in [1.807, 2.05) is 6.07 Å².